The number of piperidine rings is 1. The maximum Gasteiger partial charge on any atom is 0.237 e. The molecule has 1 atom stereocenters. The van der Waals surface area contributed by atoms with Gasteiger partial charge in [-0.2, -0.15) is 0 Å². The lowest BCUT2D eigenvalue weighted by molar-refractivity contribution is -0.138. The molecule has 0 saturated carbocycles. The van der Waals surface area contributed by atoms with Crippen LogP contribution in [0, 0.1) is 13.8 Å². The fourth-order valence-electron chi connectivity index (χ4n) is 3.88. The molecule has 30 heavy (non-hydrogen) atoms. The highest BCUT2D eigenvalue weighted by Crippen LogP contribution is 2.36. The number of amides is 3. The van der Waals surface area contributed by atoms with Crippen molar-refractivity contribution in [2.75, 3.05) is 11.9 Å². The minimum Gasteiger partial charge on any atom is -0.493 e. The number of hydrogen-bond donors (Lipinski definition) is 2. The largest absolute Gasteiger partial charge is 0.493 e. The number of imide groups is 1. The van der Waals surface area contributed by atoms with Crippen molar-refractivity contribution < 1.29 is 19.1 Å². The summed E-state index contributed by atoms with van der Waals surface area (Å²) >= 11 is 0. The van der Waals surface area contributed by atoms with E-state index in [0.717, 1.165) is 16.9 Å². The molecule has 3 amide bonds. The summed E-state index contributed by atoms with van der Waals surface area (Å²) in [6.45, 7) is 6.25. The summed E-state index contributed by atoms with van der Waals surface area (Å²) in [4.78, 5) is 36.2. The van der Waals surface area contributed by atoms with Crippen molar-refractivity contribution in [1.29, 1.82) is 0 Å². The summed E-state index contributed by atoms with van der Waals surface area (Å²) < 4.78 is 5.71. The number of nitrogens with one attached hydrogen (secondary N) is 2. The Kier molecular flexibility index (Phi) is 6.55. The first-order valence-corrected chi connectivity index (χ1v) is 10.3. The third kappa shape index (κ3) is 4.70. The highest BCUT2D eigenvalue weighted by atomic mass is 16.5. The molecule has 0 bridgehead atoms. The lowest BCUT2D eigenvalue weighted by Gasteiger charge is -2.35. The second-order valence-corrected chi connectivity index (χ2v) is 7.81. The SMILES string of the molecule is CCC1(c2ccc(NC(=O)CCOc3ccc(C)cc3C)cc2)CCC(=O)NC1=O. The van der Waals surface area contributed by atoms with E-state index < -0.39 is 5.41 Å². The molecule has 1 aliphatic rings. The van der Waals surface area contributed by atoms with Crippen LogP contribution in [0.1, 0.15) is 49.3 Å². The second kappa shape index (κ2) is 9.11. The molecule has 0 radical (unpaired) electrons. The molecule has 1 saturated heterocycles. The maximum atomic E-state index is 12.5. The number of hydrogen-bond acceptors (Lipinski definition) is 4. The number of aryl methyl sites for hydroxylation is 2. The molecule has 0 aliphatic carbocycles. The second-order valence-electron chi connectivity index (χ2n) is 7.81. The summed E-state index contributed by atoms with van der Waals surface area (Å²) in [5, 5.41) is 5.31. The first-order chi connectivity index (χ1) is 14.3. The van der Waals surface area contributed by atoms with Gasteiger partial charge in [0.2, 0.25) is 17.7 Å². The Morgan fingerprint density at radius 3 is 2.50 bits per heavy atom. The van der Waals surface area contributed by atoms with E-state index >= 15 is 0 Å². The van der Waals surface area contributed by atoms with Crippen LogP contribution in [-0.2, 0) is 19.8 Å². The van der Waals surface area contributed by atoms with E-state index in [-0.39, 0.29) is 24.1 Å². The molecule has 6 nitrogen and oxygen atoms in total. The Morgan fingerprint density at radius 1 is 1.13 bits per heavy atom. The van der Waals surface area contributed by atoms with Gasteiger partial charge in [0.05, 0.1) is 18.4 Å². The summed E-state index contributed by atoms with van der Waals surface area (Å²) in [5.74, 6) is 0.170. The van der Waals surface area contributed by atoms with Crippen LogP contribution in [0.5, 0.6) is 5.75 Å². The number of anilines is 1. The molecule has 2 N–H and O–H groups in total. The van der Waals surface area contributed by atoms with Crippen molar-refractivity contribution in [3.8, 4) is 5.75 Å². The van der Waals surface area contributed by atoms with Gasteiger partial charge < -0.3 is 10.1 Å². The molecule has 3 rings (SSSR count). The molecule has 2 aromatic rings. The van der Waals surface area contributed by atoms with E-state index in [4.69, 9.17) is 4.74 Å². The molecule has 1 fully saturated rings. The number of benzene rings is 2. The highest BCUT2D eigenvalue weighted by Gasteiger charge is 2.42. The number of carbonyl (C=O) groups excluding carboxylic acids is 3. The van der Waals surface area contributed by atoms with Gasteiger partial charge >= 0.3 is 0 Å². The van der Waals surface area contributed by atoms with Crippen LogP contribution in [0.2, 0.25) is 0 Å². The third-order valence-electron chi connectivity index (χ3n) is 5.71. The topological polar surface area (TPSA) is 84.5 Å². The summed E-state index contributed by atoms with van der Waals surface area (Å²) in [6.07, 6.45) is 1.67. The zero-order chi connectivity index (χ0) is 21.7. The van der Waals surface area contributed by atoms with E-state index in [1.807, 2.05) is 51.1 Å². The van der Waals surface area contributed by atoms with Crippen LogP contribution in [0.15, 0.2) is 42.5 Å². The van der Waals surface area contributed by atoms with Crippen molar-refractivity contribution in [2.24, 2.45) is 0 Å². The molecule has 6 heteroatoms. The predicted octanol–water partition coefficient (Wildman–Crippen LogP) is 3.80. The molecule has 1 unspecified atom stereocenters. The van der Waals surface area contributed by atoms with E-state index in [1.165, 1.54) is 5.56 Å². The van der Waals surface area contributed by atoms with Gasteiger partial charge in [-0.1, -0.05) is 36.8 Å². The average Bonchev–Trinajstić information content (AvgIpc) is 2.71. The fraction of sp³-hybridized carbons (Fsp3) is 0.375. The highest BCUT2D eigenvalue weighted by molar-refractivity contribution is 6.03. The molecular formula is C24H28N2O4. The van der Waals surface area contributed by atoms with Gasteiger partial charge in [0.15, 0.2) is 0 Å². The van der Waals surface area contributed by atoms with Crippen molar-refractivity contribution >= 4 is 23.4 Å². The molecular weight excluding hydrogens is 380 g/mol. The number of ether oxygens (including phenoxy) is 1. The number of rotatable bonds is 7. The van der Waals surface area contributed by atoms with Crippen LogP contribution < -0.4 is 15.4 Å². The van der Waals surface area contributed by atoms with Crippen molar-refractivity contribution in [3.63, 3.8) is 0 Å². The van der Waals surface area contributed by atoms with Crippen molar-refractivity contribution in [2.45, 2.75) is 51.9 Å². The minimum absolute atomic E-state index is 0.140. The number of carbonyl (C=O) groups is 3. The normalized spacial score (nSPS) is 18.6. The molecule has 2 aromatic carbocycles. The third-order valence-corrected chi connectivity index (χ3v) is 5.71. The van der Waals surface area contributed by atoms with Gasteiger partial charge in [0.25, 0.3) is 0 Å². The van der Waals surface area contributed by atoms with Gasteiger partial charge in [-0.25, -0.2) is 0 Å². The van der Waals surface area contributed by atoms with Crippen LogP contribution in [0.25, 0.3) is 0 Å². The molecule has 1 aliphatic heterocycles. The first-order valence-electron chi connectivity index (χ1n) is 10.3. The predicted molar refractivity (Wildman–Crippen MR) is 115 cm³/mol. The molecule has 0 spiro atoms. The monoisotopic (exact) mass is 408 g/mol. The zero-order valence-electron chi connectivity index (χ0n) is 17.7. The smallest absolute Gasteiger partial charge is 0.237 e. The van der Waals surface area contributed by atoms with Crippen LogP contribution >= 0.6 is 0 Å². The van der Waals surface area contributed by atoms with Gasteiger partial charge in [0, 0.05) is 12.1 Å². The Bertz CT molecular complexity index is 952. The quantitative estimate of drug-likeness (QED) is 0.683. The summed E-state index contributed by atoms with van der Waals surface area (Å²) in [7, 11) is 0. The van der Waals surface area contributed by atoms with Gasteiger partial charge in [-0.15, -0.1) is 0 Å². The Balaban J connectivity index is 1.56. The van der Waals surface area contributed by atoms with E-state index in [1.54, 1.807) is 12.1 Å². The summed E-state index contributed by atoms with van der Waals surface area (Å²) in [5.41, 5.74) is 3.03. The van der Waals surface area contributed by atoms with E-state index in [2.05, 4.69) is 10.6 Å². The van der Waals surface area contributed by atoms with E-state index in [9.17, 15) is 14.4 Å². The lowest BCUT2D eigenvalue weighted by atomic mass is 9.72. The maximum absolute atomic E-state index is 12.5. The van der Waals surface area contributed by atoms with Gasteiger partial charge in [-0.05, 0) is 56.0 Å². The molecule has 158 valence electrons. The van der Waals surface area contributed by atoms with Crippen LogP contribution in [0.3, 0.4) is 0 Å². The van der Waals surface area contributed by atoms with E-state index in [0.29, 0.717) is 31.6 Å². The average molecular weight is 408 g/mol. The summed E-state index contributed by atoms with van der Waals surface area (Å²) in [6, 6.07) is 13.2. The standard InChI is InChI=1S/C24H28N2O4/c1-4-24(13-11-21(27)26-23(24)29)18-6-8-19(9-7-18)25-22(28)12-14-30-20-10-5-16(2)15-17(20)3/h5-10,15H,4,11-14H2,1-3H3,(H,25,28)(H,26,27,29). The lowest BCUT2D eigenvalue weighted by Crippen LogP contribution is -2.51. The van der Waals surface area contributed by atoms with Crippen LogP contribution in [-0.4, -0.2) is 24.3 Å². The molecule has 1 heterocycles. The fourth-order valence-corrected chi connectivity index (χ4v) is 3.88. The Labute approximate surface area is 177 Å². The van der Waals surface area contributed by atoms with Gasteiger partial charge in [0.1, 0.15) is 5.75 Å². The van der Waals surface area contributed by atoms with Gasteiger partial charge in [-0.3, -0.25) is 19.7 Å². The Hall–Kier alpha value is -3.15. The van der Waals surface area contributed by atoms with Crippen molar-refractivity contribution in [3.05, 3.63) is 59.2 Å². The zero-order valence-corrected chi connectivity index (χ0v) is 17.7. The van der Waals surface area contributed by atoms with Crippen molar-refractivity contribution in [1.82, 2.24) is 5.32 Å². The minimum atomic E-state index is -0.698. The first kappa shape index (κ1) is 21.6. The van der Waals surface area contributed by atoms with Crippen LogP contribution in [0.4, 0.5) is 5.69 Å². The Morgan fingerprint density at radius 2 is 1.87 bits per heavy atom. The molecule has 0 aromatic heterocycles.